The number of hydrogen-bond acceptors (Lipinski definition) is 7. The average molecular weight is 794 g/mol. The fourth-order valence-electron chi connectivity index (χ4n) is 8.14. The molecule has 1 atom stereocenters. The maximum atomic E-state index is 14.6. The first kappa shape index (κ1) is 40.9. The van der Waals surface area contributed by atoms with Gasteiger partial charge in [-0.3, -0.25) is 19.5 Å². The number of amides is 1. The van der Waals surface area contributed by atoms with Crippen LogP contribution in [0.25, 0.3) is 0 Å². The summed E-state index contributed by atoms with van der Waals surface area (Å²) < 4.78 is 82.1. The summed E-state index contributed by atoms with van der Waals surface area (Å²) in [4.78, 5) is 23.1. The van der Waals surface area contributed by atoms with E-state index in [0.717, 1.165) is 83.1 Å². The molecule has 0 radical (unpaired) electrons. The van der Waals surface area contributed by atoms with Crippen LogP contribution < -0.4 is 0 Å². The zero-order valence-electron chi connectivity index (χ0n) is 31.9. The molecule has 0 aromatic heterocycles. The van der Waals surface area contributed by atoms with Crippen LogP contribution in [-0.4, -0.2) is 119 Å². The minimum absolute atomic E-state index is 0.0762. The van der Waals surface area contributed by atoms with Gasteiger partial charge in [0.2, 0.25) is 5.91 Å². The lowest BCUT2D eigenvalue weighted by Crippen LogP contribution is -2.65. The zero-order valence-corrected chi connectivity index (χ0v) is 31.9. The molecule has 0 spiro atoms. The van der Waals surface area contributed by atoms with E-state index in [2.05, 4.69) is 49.2 Å². The van der Waals surface area contributed by atoms with Gasteiger partial charge in [-0.25, -0.2) is 10.0 Å². The van der Waals surface area contributed by atoms with Gasteiger partial charge in [-0.1, -0.05) is 91.0 Å². The summed E-state index contributed by atoms with van der Waals surface area (Å²) >= 11 is 0. The van der Waals surface area contributed by atoms with Crippen molar-refractivity contribution < 1.29 is 31.1 Å². The Labute approximate surface area is 330 Å². The molecule has 4 aromatic rings. The molecule has 8 nitrogen and oxygen atoms in total. The Morgan fingerprint density at radius 3 is 1.40 bits per heavy atom. The molecule has 0 aliphatic carbocycles. The van der Waals surface area contributed by atoms with Crippen LogP contribution in [0, 0.1) is 0 Å². The number of alkyl halides is 6. The van der Waals surface area contributed by atoms with Gasteiger partial charge in [-0.05, 0) is 40.5 Å². The molecule has 0 saturated carbocycles. The Kier molecular flexibility index (Phi) is 13.0. The smallest absolute Gasteiger partial charge is 0.332 e. The molecule has 57 heavy (non-hydrogen) atoms. The lowest BCUT2D eigenvalue weighted by atomic mass is 10.0. The number of carbonyl (C=O) groups is 1. The summed E-state index contributed by atoms with van der Waals surface area (Å²) in [6, 6.07) is 31.5. The van der Waals surface area contributed by atoms with E-state index >= 15 is 0 Å². The van der Waals surface area contributed by atoms with E-state index in [1.165, 1.54) is 11.1 Å². The summed E-state index contributed by atoms with van der Waals surface area (Å²) in [6.45, 7) is 8.86. The second-order valence-electron chi connectivity index (χ2n) is 15.1. The van der Waals surface area contributed by atoms with Gasteiger partial charge in [0.1, 0.15) is 6.54 Å². The maximum Gasteiger partial charge on any atom is 0.416 e. The van der Waals surface area contributed by atoms with E-state index in [0.29, 0.717) is 6.54 Å². The van der Waals surface area contributed by atoms with Gasteiger partial charge >= 0.3 is 12.4 Å². The highest BCUT2D eigenvalue weighted by Crippen LogP contribution is 2.37. The second kappa shape index (κ2) is 18.1. The fourth-order valence-corrected chi connectivity index (χ4v) is 8.14. The van der Waals surface area contributed by atoms with Crippen molar-refractivity contribution in [2.75, 3.05) is 78.5 Å². The number of rotatable bonds is 11. The molecular weight excluding hydrogens is 745 g/mol. The molecule has 0 N–H and O–H groups in total. The Morgan fingerprint density at radius 2 is 0.947 bits per heavy atom. The number of halogens is 6. The number of benzene rings is 4. The van der Waals surface area contributed by atoms with Crippen LogP contribution >= 0.6 is 0 Å². The number of hydrogen-bond donors (Lipinski definition) is 0. The van der Waals surface area contributed by atoms with Gasteiger partial charge < -0.3 is 4.90 Å². The Bertz CT molecular complexity index is 1790. The number of nitrogens with zero attached hydrogens (tertiary/aromatic N) is 7. The summed E-state index contributed by atoms with van der Waals surface area (Å²) in [5.41, 5.74) is 0.629. The van der Waals surface area contributed by atoms with Crippen LogP contribution in [0.15, 0.2) is 109 Å². The van der Waals surface area contributed by atoms with Crippen molar-refractivity contribution in [3.8, 4) is 0 Å². The second-order valence-corrected chi connectivity index (χ2v) is 15.1. The van der Waals surface area contributed by atoms with Crippen LogP contribution in [0.1, 0.15) is 39.4 Å². The van der Waals surface area contributed by atoms with E-state index < -0.39 is 29.5 Å². The normalized spacial score (nSPS) is 20.0. The summed E-state index contributed by atoms with van der Waals surface area (Å²) in [5.74, 6) is -0.0830. The largest absolute Gasteiger partial charge is 0.416 e. The van der Waals surface area contributed by atoms with Crippen LogP contribution in [0.2, 0.25) is 0 Å². The van der Waals surface area contributed by atoms with E-state index in [9.17, 15) is 31.1 Å². The number of hydrazine groups is 2. The van der Waals surface area contributed by atoms with Crippen molar-refractivity contribution in [3.63, 3.8) is 0 Å². The third kappa shape index (κ3) is 10.8. The van der Waals surface area contributed by atoms with Crippen LogP contribution in [-0.2, 0) is 36.8 Å². The topological polar surface area (TPSA) is 39.8 Å². The number of carbonyl (C=O) groups excluding carboxylic acids is 1. The summed E-state index contributed by atoms with van der Waals surface area (Å²) in [6.07, 6.45) is -9.86. The van der Waals surface area contributed by atoms with E-state index in [1.807, 2.05) is 76.5 Å². The monoisotopic (exact) mass is 793 g/mol. The Morgan fingerprint density at radius 1 is 0.526 bits per heavy atom. The molecule has 1 amide bonds. The Hall–Kier alpha value is -4.31. The highest BCUT2D eigenvalue weighted by atomic mass is 19.4. The van der Waals surface area contributed by atoms with Crippen molar-refractivity contribution in [3.05, 3.63) is 143 Å². The molecule has 14 heteroatoms. The predicted octanol–water partition coefficient (Wildman–Crippen LogP) is 6.88. The highest BCUT2D eigenvalue weighted by Gasteiger charge is 2.39. The van der Waals surface area contributed by atoms with Gasteiger partial charge in [-0.2, -0.15) is 31.5 Å². The first-order chi connectivity index (χ1) is 27.4. The molecule has 0 bridgehead atoms. The van der Waals surface area contributed by atoms with Crippen LogP contribution in [0.5, 0.6) is 0 Å². The molecule has 3 heterocycles. The fraction of sp³-hybridized carbons (Fsp3) is 0.419. The van der Waals surface area contributed by atoms with Crippen molar-refractivity contribution in [2.45, 2.75) is 38.0 Å². The van der Waals surface area contributed by atoms with E-state index in [4.69, 9.17) is 0 Å². The molecular formula is C43H49F6N7O. The SMILES string of the molecule is O=C(CN(N1CCN(Cc2ccccc2)CC1)N1CCN(Cc2ccccc2)CC1)N1CCN(Cc2cc(C(F)(F)F)cc(C(F)(F)F)c2)CC1c1ccccc1. The standard InChI is InChI=1S/C43H49F6N7O/c44-42(45,46)38-26-36(27-39(28-38)43(47,48)49)31-52-20-25-55(40(32-52)37-14-8-3-9-15-37)41(57)33-56(53-21-16-50(17-22-53)29-34-10-4-1-5-11-34)54-23-18-51(19-24-54)30-35-12-6-2-7-13-35/h1-15,26-28,40H,16-25,29-33H2. The minimum Gasteiger partial charge on any atom is -0.332 e. The zero-order chi connectivity index (χ0) is 40.0. The molecule has 3 aliphatic rings. The van der Waals surface area contributed by atoms with Gasteiger partial charge in [-0.15, -0.1) is 0 Å². The third-order valence-corrected chi connectivity index (χ3v) is 11.1. The van der Waals surface area contributed by atoms with Crippen molar-refractivity contribution in [2.24, 2.45) is 0 Å². The molecule has 4 aromatic carbocycles. The van der Waals surface area contributed by atoms with Gasteiger partial charge in [0.25, 0.3) is 0 Å². The van der Waals surface area contributed by atoms with Gasteiger partial charge in [0, 0.05) is 91.6 Å². The number of piperazine rings is 3. The molecule has 3 fully saturated rings. The lowest BCUT2D eigenvalue weighted by molar-refractivity contribution is -0.212. The Balaban J connectivity index is 1.07. The van der Waals surface area contributed by atoms with Crippen molar-refractivity contribution in [1.29, 1.82) is 0 Å². The van der Waals surface area contributed by atoms with Crippen molar-refractivity contribution >= 4 is 5.91 Å². The molecule has 304 valence electrons. The quantitative estimate of drug-likeness (QED) is 0.154. The molecule has 7 rings (SSSR count). The van der Waals surface area contributed by atoms with E-state index in [-0.39, 0.29) is 43.7 Å². The predicted molar refractivity (Wildman–Crippen MR) is 206 cm³/mol. The first-order valence-electron chi connectivity index (χ1n) is 19.5. The molecule has 1 unspecified atom stereocenters. The van der Waals surface area contributed by atoms with Gasteiger partial charge in [0.15, 0.2) is 0 Å². The van der Waals surface area contributed by atoms with Crippen LogP contribution in [0.3, 0.4) is 0 Å². The van der Waals surface area contributed by atoms with Crippen molar-refractivity contribution in [1.82, 2.24) is 34.7 Å². The van der Waals surface area contributed by atoms with Gasteiger partial charge in [0.05, 0.1) is 17.2 Å². The molecule has 3 saturated heterocycles. The molecule has 3 aliphatic heterocycles. The lowest BCUT2D eigenvalue weighted by Gasteiger charge is -2.49. The average Bonchev–Trinajstić information content (AvgIpc) is 3.21. The first-order valence-corrected chi connectivity index (χ1v) is 19.5. The maximum absolute atomic E-state index is 14.6. The highest BCUT2D eigenvalue weighted by molar-refractivity contribution is 5.79. The van der Waals surface area contributed by atoms with Crippen LogP contribution in [0.4, 0.5) is 26.3 Å². The summed E-state index contributed by atoms with van der Waals surface area (Å²) in [7, 11) is 0. The van der Waals surface area contributed by atoms with E-state index in [1.54, 1.807) is 0 Å². The summed E-state index contributed by atoms with van der Waals surface area (Å²) in [5, 5.41) is 6.70. The minimum atomic E-state index is -4.93. The third-order valence-electron chi connectivity index (χ3n) is 11.1.